The van der Waals surface area contributed by atoms with Crippen LogP contribution in [0.1, 0.15) is 47.3 Å². The number of rotatable bonds is 5. The van der Waals surface area contributed by atoms with E-state index in [1.165, 1.54) is 5.56 Å². The van der Waals surface area contributed by atoms with Crippen LogP contribution in [0.2, 0.25) is 5.02 Å². The predicted octanol–water partition coefficient (Wildman–Crippen LogP) is 2.30. The molecular weight excluding hydrogens is 408 g/mol. The van der Waals surface area contributed by atoms with Crippen molar-refractivity contribution in [3.8, 4) is 0 Å². The molecule has 0 radical (unpaired) electrons. The summed E-state index contributed by atoms with van der Waals surface area (Å²) in [7, 11) is 0. The monoisotopic (exact) mass is 434 g/mol. The molecule has 6 nitrogen and oxygen atoms in total. The molecule has 6 atom stereocenters. The fraction of sp³-hybridized carbons (Fsp3) is 0.478. The zero-order valence-electron chi connectivity index (χ0n) is 16.5. The molecule has 0 aromatic heterocycles. The fourth-order valence-electron chi connectivity index (χ4n) is 4.19. The fourth-order valence-corrected chi connectivity index (χ4v) is 4.38. The molecule has 4 N–H and O–H groups in total. The Hall–Kier alpha value is -1.51. The Morgan fingerprint density at radius 3 is 2.33 bits per heavy atom. The highest BCUT2D eigenvalue weighted by Gasteiger charge is 2.44. The summed E-state index contributed by atoms with van der Waals surface area (Å²) in [4.78, 5) is 0. The molecule has 2 aromatic rings. The lowest BCUT2D eigenvalue weighted by atomic mass is 9.90. The first-order valence-corrected chi connectivity index (χ1v) is 10.6. The lowest BCUT2D eigenvalue weighted by molar-refractivity contribution is -0.231. The number of halogens is 1. The maximum absolute atomic E-state index is 10.4. The summed E-state index contributed by atoms with van der Waals surface area (Å²) < 4.78 is 11.4. The zero-order valence-corrected chi connectivity index (χ0v) is 17.3. The van der Waals surface area contributed by atoms with Gasteiger partial charge in [-0.15, -0.1) is 0 Å². The highest BCUT2D eigenvalue weighted by atomic mass is 35.5. The average Bonchev–Trinajstić information content (AvgIpc) is 3.30. The number of benzene rings is 2. The quantitative estimate of drug-likeness (QED) is 0.576. The van der Waals surface area contributed by atoms with Crippen molar-refractivity contribution in [3.63, 3.8) is 0 Å². The van der Waals surface area contributed by atoms with Crippen molar-refractivity contribution in [1.82, 2.24) is 0 Å². The molecule has 7 heteroatoms. The molecule has 1 unspecified atom stereocenters. The van der Waals surface area contributed by atoms with Gasteiger partial charge >= 0.3 is 0 Å². The van der Waals surface area contributed by atoms with Crippen molar-refractivity contribution in [3.05, 3.63) is 69.7 Å². The van der Waals surface area contributed by atoms with Crippen LogP contribution in [0, 0.1) is 0 Å². The highest BCUT2D eigenvalue weighted by molar-refractivity contribution is 6.31. The predicted molar refractivity (Wildman–Crippen MR) is 111 cm³/mol. The molecule has 0 amide bonds. The van der Waals surface area contributed by atoms with E-state index in [0.717, 1.165) is 30.6 Å². The Kier molecular flexibility index (Phi) is 6.75. The Labute approximate surface area is 180 Å². The van der Waals surface area contributed by atoms with Crippen LogP contribution in [0.5, 0.6) is 0 Å². The smallest absolute Gasteiger partial charge is 0.113 e. The van der Waals surface area contributed by atoms with E-state index < -0.39 is 37.1 Å². The summed E-state index contributed by atoms with van der Waals surface area (Å²) in [6.45, 7) is 0.353. The van der Waals surface area contributed by atoms with Gasteiger partial charge in [-0.2, -0.15) is 0 Å². The number of aliphatic hydroxyl groups excluding tert-OH is 4. The molecule has 0 saturated carbocycles. The summed E-state index contributed by atoms with van der Waals surface area (Å²) in [5.74, 6) is 0. The highest BCUT2D eigenvalue weighted by Crippen LogP contribution is 2.35. The van der Waals surface area contributed by atoms with Crippen LogP contribution >= 0.6 is 11.6 Å². The van der Waals surface area contributed by atoms with Crippen LogP contribution in [0.25, 0.3) is 0 Å². The first-order chi connectivity index (χ1) is 14.5. The largest absolute Gasteiger partial charge is 0.394 e. The number of aliphatic hydroxyl groups is 4. The van der Waals surface area contributed by atoms with Gasteiger partial charge in [0.05, 0.1) is 12.7 Å². The molecule has 0 aliphatic carbocycles. The molecule has 2 aliphatic rings. The standard InChI is InChI=1S/C23H27ClO6/c24-17-8-7-15(23-22(28)21(27)20(26)19(12-25)30-23)11-16(17)10-13-3-5-14(6-4-13)18-2-1-9-29-18/h3-8,11,18-23,25-28H,1-2,9-10,12H2/t18?,19-,20-,21+,22-,23+/m1/s1. The Balaban J connectivity index is 1.53. The number of hydrogen-bond acceptors (Lipinski definition) is 6. The van der Waals surface area contributed by atoms with Crippen molar-refractivity contribution < 1.29 is 29.9 Å². The van der Waals surface area contributed by atoms with Crippen molar-refractivity contribution >= 4 is 11.6 Å². The van der Waals surface area contributed by atoms with Gasteiger partial charge in [0.25, 0.3) is 0 Å². The molecule has 2 aromatic carbocycles. The second-order valence-corrected chi connectivity index (χ2v) is 8.43. The first-order valence-electron chi connectivity index (χ1n) is 10.3. The molecule has 2 fully saturated rings. The maximum atomic E-state index is 10.4. The average molecular weight is 435 g/mol. The van der Waals surface area contributed by atoms with E-state index in [-0.39, 0.29) is 6.10 Å². The molecular formula is C23H27ClO6. The minimum Gasteiger partial charge on any atom is -0.394 e. The summed E-state index contributed by atoms with van der Waals surface area (Å²) in [5, 5.41) is 40.5. The van der Waals surface area contributed by atoms with Gasteiger partial charge in [-0.1, -0.05) is 48.0 Å². The number of ether oxygens (including phenoxy) is 2. The zero-order chi connectivity index (χ0) is 21.3. The summed E-state index contributed by atoms with van der Waals surface area (Å²) in [5.41, 5.74) is 3.75. The minimum atomic E-state index is -1.41. The molecule has 2 heterocycles. The third kappa shape index (κ3) is 4.41. The third-order valence-electron chi connectivity index (χ3n) is 5.97. The SMILES string of the molecule is OC[C@H]1O[C@@H](c2ccc(Cl)c(Cc3ccc(C4CCCO4)cc3)c2)[C@H](O)[C@@H](O)[C@@H]1O. The van der Waals surface area contributed by atoms with Crippen molar-refractivity contribution in [2.24, 2.45) is 0 Å². The van der Waals surface area contributed by atoms with Crippen LogP contribution in [-0.4, -0.2) is 58.1 Å². The van der Waals surface area contributed by atoms with Gasteiger partial charge in [0, 0.05) is 11.6 Å². The Bertz CT molecular complexity index is 849. The summed E-state index contributed by atoms with van der Waals surface area (Å²) in [6, 6.07) is 13.6. The van der Waals surface area contributed by atoms with E-state index in [2.05, 4.69) is 24.3 Å². The van der Waals surface area contributed by atoms with Crippen LogP contribution in [0.4, 0.5) is 0 Å². The second kappa shape index (κ2) is 9.32. The van der Waals surface area contributed by atoms with Crippen LogP contribution in [-0.2, 0) is 15.9 Å². The lowest BCUT2D eigenvalue weighted by Gasteiger charge is -2.40. The molecule has 162 valence electrons. The lowest BCUT2D eigenvalue weighted by Crippen LogP contribution is -2.55. The van der Waals surface area contributed by atoms with Gasteiger partial charge in [0.1, 0.15) is 30.5 Å². The molecule has 2 saturated heterocycles. The van der Waals surface area contributed by atoms with E-state index in [4.69, 9.17) is 21.1 Å². The third-order valence-corrected chi connectivity index (χ3v) is 6.34. The molecule has 30 heavy (non-hydrogen) atoms. The van der Waals surface area contributed by atoms with Gasteiger partial charge in [-0.3, -0.25) is 0 Å². The molecule has 2 aliphatic heterocycles. The van der Waals surface area contributed by atoms with E-state index in [1.54, 1.807) is 12.1 Å². The first kappa shape index (κ1) is 21.7. The molecule has 4 rings (SSSR count). The molecule has 0 bridgehead atoms. The molecule has 0 spiro atoms. The van der Waals surface area contributed by atoms with Crippen LogP contribution in [0.15, 0.2) is 42.5 Å². The van der Waals surface area contributed by atoms with Crippen LogP contribution < -0.4 is 0 Å². The van der Waals surface area contributed by atoms with Gasteiger partial charge in [0.2, 0.25) is 0 Å². The normalized spacial score (nSPS) is 31.8. The van der Waals surface area contributed by atoms with E-state index in [0.29, 0.717) is 17.0 Å². The topological polar surface area (TPSA) is 99.4 Å². The van der Waals surface area contributed by atoms with Gasteiger partial charge < -0.3 is 29.9 Å². The Morgan fingerprint density at radius 2 is 1.67 bits per heavy atom. The van der Waals surface area contributed by atoms with Crippen molar-refractivity contribution in [2.75, 3.05) is 13.2 Å². The van der Waals surface area contributed by atoms with Crippen LogP contribution in [0.3, 0.4) is 0 Å². The second-order valence-electron chi connectivity index (χ2n) is 8.02. The van der Waals surface area contributed by atoms with E-state index in [1.807, 2.05) is 6.07 Å². The van der Waals surface area contributed by atoms with Gasteiger partial charge in [-0.05, 0) is 47.6 Å². The summed E-state index contributed by atoms with van der Waals surface area (Å²) >= 11 is 6.41. The van der Waals surface area contributed by atoms with Crippen molar-refractivity contribution in [2.45, 2.75) is 55.9 Å². The van der Waals surface area contributed by atoms with Crippen molar-refractivity contribution in [1.29, 1.82) is 0 Å². The summed E-state index contributed by atoms with van der Waals surface area (Å²) in [6.07, 6.45) is -3.02. The minimum absolute atomic E-state index is 0.178. The van der Waals surface area contributed by atoms with E-state index >= 15 is 0 Å². The number of hydrogen-bond donors (Lipinski definition) is 4. The van der Waals surface area contributed by atoms with Gasteiger partial charge in [0.15, 0.2) is 0 Å². The van der Waals surface area contributed by atoms with E-state index in [9.17, 15) is 20.4 Å². The Morgan fingerprint density at radius 1 is 0.933 bits per heavy atom. The van der Waals surface area contributed by atoms with Gasteiger partial charge in [-0.25, -0.2) is 0 Å². The maximum Gasteiger partial charge on any atom is 0.113 e.